The monoisotopic (exact) mass is 365 g/mol. The summed E-state index contributed by atoms with van der Waals surface area (Å²) < 4.78 is 1.97. The molecular formula is C19H19N5OS. The van der Waals surface area contributed by atoms with E-state index in [-0.39, 0.29) is 11.9 Å². The van der Waals surface area contributed by atoms with Gasteiger partial charge in [0.1, 0.15) is 17.8 Å². The van der Waals surface area contributed by atoms with Gasteiger partial charge in [-0.05, 0) is 49.9 Å². The molecule has 1 aliphatic rings. The van der Waals surface area contributed by atoms with Crippen LogP contribution in [0.4, 0.5) is 5.82 Å². The largest absolute Gasteiger partial charge is 0.310 e. The molecule has 26 heavy (non-hydrogen) atoms. The van der Waals surface area contributed by atoms with Crippen LogP contribution in [0.2, 0.25) is 0 Å². The third kappa shape index (κ3) is 2.78. The van der Waals surface area contributed by atoms with E-state index in [2.05, 4.69) is 30.1 Å². The Labute approximate surface area is 156 Å². The number of nitrogens with zero attached hydrogens (tertiary/aromatic N) is 5. The quantitative estimate of drug-likeness (QED) is 0.658. The van der Waals surface area contributed by atoms with Crippen molar-refractivity contribution < 1.29 is 4.79 Å². The van der Waals surface area contributed by atoms with E-state index in [1.165, 1.54) is 0 Å². The maximum atomic E-state index is 12.9. The number of aromatic nitrogens is 4. The minimum absolute atomic E-state index is 0.00845. The first kappa shape index (κ1) is 16.8. The van der Waals surface area contributed by atoms with E-state index in [1.54, 1.807) is 23.0 Å². The number of hydrogen-bond donors (Lipinski definition) is 0. The number of fused-ring (bicyclic) bond motifs is 1. The molecule has 2 aromatic heterocycles. The molecule has 1 aromatic carbocycles. The Morgan fingerprint density at radius 3 is 2.81 bits per heavy atom. The van der Waals surface area contributed by atoms with Crippen molar-refractivity contribution in [1.29, 1.82) is 0 Å². The summed E-state index contributed by atoms with van der Waals surface area (Å²) in [5.41, 5.74) is 2.50. The summed E-state index contributed by atoms with van der Waals surface area (Å²) in [4.78, 5) is 20.4. The first-order valence-corrected chi connectivity index (χ1v) is 9.66. The van der Waals surface area contributed by atoms with Crippen LogP contribution >= 0.6 is 11.8 Å². The smallest absolute Gasteiger partial charge is 0.260 e. The fourth-order valence-electron chi connectivity index (χ4n) is 3.09. The molecule has 0 saturated carbocycles. The number of thioether (sulfide) groups is 1. The molecule has 4 rings (SSSR count). The van der Waals surface area contributed by atoms with E-state index in [9.17, 15) is 4.79 Å². The van der Waals surface area contributed by atoms with Crippen LogP contribution in [0.5, 0.6) is 0 Å². The second kappa shape index (κ2) is 6.57. The first-order valence-electron chi connectivity index (χ1n) is 8.44. The molecule has 0 aliphatic carbocycles. The van der Waals surface area contributed by atoms with Gasteiger partial charge in [0, 0.05) is 16.5 Å². The maximum Gasteiger partial charge on any atom is 0.260 e. The highest BCUT2D eigenvalue weighted by atomic mass is 32.2. The number of hydrogen-bond acceptors (Lipinski definition) is 5. The second-order valence-corrected chi connectivity index (χ2v) is 7.33. The number of carbonyl (C=O) groups excluding carboxylic acids is 1. The van der Waals surface area contributed by atoms with Gasteiger partial charge < -0.3 is 4.57 Å². The predicted octanol–water partition coefficient (Wildman–Crippen LogP) is 3.80. The summed E-state index contributed by atoms with van der Waals surface area (Å²) in [5.74, 6) is 1.33. The van der Waals surface area contributed by atoms with Gasteiger partial charge in [0.25, 0.3) is 5.91 Å². The lowest BCUT2D eigenvalue weighted by Gasteiger charge is -2.16. The zero-order valence-electron chi connectivity index (χ0n) is 14.9. The minimum atomic E-state index is -0.00845. The van der Waals surface area contributed by atoms with E-state index in [0.717, 1.165) is 16.0 Å². The van der Waals surface area contributed by atoms with Crippen molar-refractivity contribution in [2.45, 2.75) is 31.3 Å². The van der Waals surface area contributed by atoms with Crippen LogP contribution in [-0.2, 0) is 6.54 Å². The lowest BCUT2D eigenvalue weighted by atomic mass is 10.1. The van der Waals surface area contributed by atoms with Crippen molar-refractivity contribution in [2.24, 2.45) is 0 Å². The standard InChI is InChI=1S/C19H19N5OS/c1-12(2)24-11-20-22-18(24)16-5-4-6-17(21-16)23-10-13-7-8-14(26-3)9-15(13)19(23)25/h4-9,11-12H,10H2,1-3H3. The van der Waals surface area contributed by atoms with Crippen LogP contribution in [0.25, 0.3) is 11.5 Å². The van der Waals surface area contributed by atoms with Crippen LogP contribution in [0.3, 0.4) is 0 Å². The van der Waals surface area contributed by atoms with Gasteiger partial charge in [0.05, 0.1) is 6.54 Å². The van der Waals surface area contributed by atoms with Crippen molar-refractivity contribution >= 4 is 23.5 Å². The van der Waals surface area contributed by atoms with Crippen molar-refractivity contribution in [1.82, 2.24) is 19.7 Å². The number of benzene rings is 1. The van der Waals surface area contributed by atoms with Crippen molar-refractivity contribution in [3.8, 4) is 11.5 Å². The van der Waals surface area contributed by atoms with Gasteiger partial charge in [-0.15, -0.1) is 22.0 Å². The number of pyridine rings is 1. The molecule has 1 aliphatic heterocycles. The Kier molecular flexibility index (Phi) is 4.24. The molecule has 132 valence electrons. The Morgan fingerprint density at radius 1 is 1.19 bits per heavy atom. The highest BCUT2D eigenvalue weighted by Gasteiger charge is 2.29. The van der Waals surface area contributed by atoms with E-state index < -0.39 is 0 Å². The highest BCUT2D eigenvalue weighted by Crippen LogP contribution is 2.31. The molecule has 0 unspecified atom stereocenters. The summed E-state index contributed by atoms with van der Waals surface area (Å²) in [7, 11) is 0. The van der Waals surface area contributed by atoms with E-state index >= 15 is 0 Å². The molecule has 0 bridgehead atoms. The van der Waals surface area contributed by atoms with Crippen LogP contribution in [-0.4, -0.2) is 31.9 Å². The van der Waals surface area contributed by atoms with Crippen LogP contribution in [0.15, 0.2) is 47.6 Å². The van der Waals surface area contributed by atoms with Crippen molar-refractivity contribution in [3.63, 3.8) is 0 Å². The Balaban J connectivity index is 1.70. The maximum absolute atomic E-state index is 12.9. The molecule has 0 atom stereocenters. The Morgan fingerprint density at radius 2 is 2.04 bits per heavy atom. The summed E-state index contributed by atoms with van der Waals surface area (Å²) in [6.07, 6.45) is 3.71. The van der Waals surface area contributed by atoms with Gasteiger partial charge in [-0.1, -0.05) is 12.1 Å². The van der Waals surface area contributed by atoms with Gasteiger partial charge in [-0.2, -0.15) is 0 Å². The van der Waals surface area contributed by atoms with E-state index in [0.29, 0.717) is 23.9 Å². The molecule has 0 fully saturated rings. The summed E-state index contributed by atoms with van der Waals surface area (Å²) in [6.45, 7) is 4.68. The average molecular weight is 365 g/mol. The molecule has 6 nitrogen and oxygen atoms in total. The summed E-state index contributed by atoms with van der Waals surface area (Å²) >= 11 is 1.63. The lowest BCUT2D eigenvalue weighted by Crippen LogP contribution is -2.24. The van der Waals surface area contributed by atoms with Crippen LogP contribution in [0, 0.1) is 0 Å². The van der Waals surface area contributed by atoms with Gasteiger partial charge in [0.2, 0.25) is 0 Å². The molecule has 3 aromatic rings. The van der Waals surface area contributed by atoms with Gasteiger partial charge in [-0.25, -0.2) is 4.98 Å². The zero-order chi connectivity index (χ0) is 18.3. The fraction of sp³-hybridized carbons (Fsp3) is 0.263. The minimum Gasteiger partial charge on any atom is -0.310 e. The molecular weight excluding hydrogens is 346 g/mol. The van der Waals surface area contributed by atoms with E-state index in [4.69, 9.17) is 4.98 Å². The van der Waals surface area contributed by atoms with E-state index in [1.807, 2.05) is 41.2 Å². The van der Waals surface area contributed by atoms with Crippen molar-refractivity contribution in [2.75, 3.05) is 11.2 Å². The molecule has 3 heterocycles. The Hall–Kier alpha value is -2.67. The SMILES string of the molecule is CSc1ccc2c(c1)C(=O)N(c1cccc(-c3nncn3C(C)C)n1)C2. The third-order valence-corrected chi connectivity index (χ3v) is 5.22. The number of amides is 1. The zero-order valence-corrected chi connectivity index (χ0v) is 15.7. The molecule has 0 N–H and O–H groups in total. The average Bonchev–Trinajstić information content (AvgIpc) is 3.27. The number of carbonyl (C=O) groups is 1. The number of anilines is 1. The van der Waals surface area contributed by atoms with Crippen molar-refractivity contribution in [3.05, 3.63) is 53.9 Å². The summed E-state index contributed by atoms with van der Waals surface area (Å²) in [6, 6.07) is 11.9. The van der Waals surface area contributed by atoms with Crippen LogP contribution in [0.1, 0.15) is 35.8 Å². The normalized spacial score (nSPS) is 13.5. The third-order valence-electron chi connectivity index (χ3n) is 4.49. The topological polar surface area (TPSA) is 63.9 Å². The first-order chi connectivity index (χ1) is 12.6. The molecule has 0 spiro atoms. The molecule has 0 saturated heterocycles. The highest BCUT2D eigenvalue weighted by molar-refractivity contribution is 7.98. The van der Waals surface area contributed by atoms with Gasteiger partial charge in [-0.3, -0.25) is 9.69 Å². The second-order valence-electron chi connectivity index (χ2n) is 6.45. The fourth-order valence-corrected chi connectivity index (χ4v) is 3.53. The van der Waals surface area contributed by atoms with Gasteiger partial charge in [0.15, 0.2) is 5.82 Å². The predicted molar refractivity (Wildman–Crippen MR) is 102 cm³/mol. The van der Waals surface area contributed by atoms with Gasteiger partial charge >= 0.3 is 0 Å². The Bertz CT molecular complexity index is 982. The van der Waals surface area contributed by atoms with Crippen LogP contribution < -0.4 is 4.90 Å². The summed E-state index contributed by atoms with van der Waals surface area (Å²) in [5, 5.41) is 8.20. The molecule has 0 radical (unpaired) electrons. The molecule has 1 amide bonds. The lowest BCUT2D eigenvalue weighted by molar-refractivity contribution is 0.0996. The number of rotatable bonds is 4. The molecule has 7 heteroatoms.